The second-order valence-corrected chi connectivity index (χ2v) is 4.36. The third-order valence-corrected chi connectivity index (χ3v) is 2.72. The Kier molecular flexibility index (Phi) is 5.80. The molecule has 0 atom stereocenters. The molecule has 0 fully saturated rings. The summed E-state index contributed by atoms with van der Waals surface area (Å²) in [6, 6.07) is 0. The van der Waals surface area contributed by atoms with Crippen LogP contribution in [0.5, 0.6) is 0 Å². The number of aromatic amines is 1. The van der Waals surface area contributed by atoms with Crippen molar-refractivity contribution < 1.29 is 9.90 Å². The smallest absolute Gasteiger partial charge is 0.238 e. The van der Waals surface area contributed by atoms with E-state index < -0.39 is 0 Å². The van der Waals surface area contributed by atoms with Gasteiger partial charge in [0.05, 0.1) is 30.2 Å². The molecule has 0 aliphatic carbocycles. The van der Waals surface area contributed by atoms with E-state index in [0.717, 1.165) is 30.0 Å². The van der Waals surface area contributed by atoms with Crippen molar-refractivity contribution in [3.05, 3.63) is 11.4 Å². The molecule has 3 N–H and O–H groups in total. The number of aromatic nitrogens is 2. The lowest BCUT2D eigenvalue weighted by atomic mass is 10.3. The van der Waals surface area contributed by atoms with E-state index in [1.165, 1.54) is 0 Å². The van der Waals surface area contributed by atoms with E-state index in [4.69, 9.17) is 5.11 Å². The van der Waals surface area contributed by atoms with Gasteiger partial charge in [0.25, 0.3) is 0 Å². The molecule has 1 heterocycles. The van der Waals surface area contributed by atoms with Gasteiger partial charge in [-0.1, -0.05) is 6.92 Å². The third kappa shape index (κ3) is 4.12. The van der Waals surface area contributed by atoms with E-state index in [0.29, 0.717) is 13.1 Å². The Balaban J connectivity index is 2.54. The maximum Gasteiger partial charge on any atom is 0.238 e. The molecular formula is C12H22N4O2. The quantitative estimate of drug-likeness (QED) is 0.668. The van der Waals surface area contributed by atoms with Gasteiger partial charge in [0.2, 0.25) is 5.91 Å². The van der Waals surface area contributed by atoms with Crippen LogP contribution in [0, 0.1) is 13.8 Å². The molecule has 1 aromatic rings. The molecule has 0 aliphatic heterocycles. The second-order valence-electron chi connectivity index (χ2n) is 4.36. The number of H-pyrrole nitrogens is 1. The molecule has 0 aromatic carbocycles. The minimum atomic E-state index is -0.0792. The summed E-state index contributed by atoms with van der Waals surface area (Å²) in [6.45, 7) is 7.44. The standard InChI is InChI=1S/C12H22N4O2/c1-4-5-16(6-7-17)8-11(18)13-12-9(2)14-15-10(12)3/h17H,4-8H2,1-3H3,(H,13,18)(H,14,15). The fourth-order valence-corrected chi connectivity index (χ4v) is 1.84. The molecule has 0 saturated heterocycles. The number of amides is 1. The van der Waals surface area contributed by atoms with Crippen LogP contribution in [-0.4, -0.2) is 52.4 Å². The van der Waals surface area contributed by atoms with Gasteiger partial charge in [-0.05, 0) is 26.8 Å². The largest absolute Gasteiger partial charge is 0.395 e. The van der Waals surface area contributed by atoms with Crippen molar-refractivity contribution in [2.45, 2.75) is 27.2 Å². The monoisotopic (exact) mass is 254 g/mol. The van der Waals surface area contributed by atoms with E-state index in [2.05, 4.69) is 15.5 Å². The lowest BCUT2D eigenvalue weighted by Gasteiger charge is -2.19. The zero-order valence-electron chi connectivity index (χ0n) is 11.3. The van der Waals surface area contributed by atoms with Gasteiger partial charge >= 0.3 is 0 Å². The average Bonchev–Trinajstić information content (AvgIpc) is 2.61. The predicted octanol–water partition coefficient (Wildman–Crippen LogP) is 0.669. The van der Waals surface area contributed by atoms with Gasteiger partial charge in [0.15, 0.2) is 0 Å². The lowest BCUT2D eigenvalue weighted by Crippen LogP contribution is -2.35. The number of nitrogens with one attached hydrogen (secondary N) is 2. The van der Waals surface area contributed by atoms with E-state index >= 15 is 0 Å². The first-order valence-corrected chi connectivity index (χ1v) is 6.23. The number of hydrogen-bond acceptors (Lipinski definition) is 4. The highest BCUT2D eigenvalue weighted by Gasteiger charge is 2.13. The number of carbonyl (C=O) groups excluding carboxylic acids is 1. The SMILES string of the molecule is CCCN(CCO)CC(=O)Nc1c(C)n[nH]c1C. The minimum Gasteiger partial charge on any atom is -0.395 e. The van der Waals surface area contributed by atoms with Gasteiger partial charge in [0, 0.05) is 6.54 Å². The topological polar surface area (TPSA) is 81.2 Å². The molecule has 1 amide bonds. The van der Waals surface area contributed by atoms with Crippen LogP contribution < -0.4 is 5.32 Å². The highest BCUT2D eigenvalue weighted by molar-refractivity contribution is 5.93. The summed E-state index contributed by atoms with van der Waals surface area (Å²) in [7, 11) is 0. The zero-order chi connectivity index (χ0) is 13.5. The maximum atomic E-state index is 11.9. The second kappa shape index (κ2) is 7.13. The Morgan fingerprint density at radius 1 is 1.44 bits per heavy atom. The first-order chi connectivity index (χ1) is 8.58. The molecule has 18 heavy (non-hydrogen) atoms. The third-order valence-electron chi connectivity index (χ3n) is 2.72. The van der Waals surface area contributed by atoms with Crippen molar-refractivity contribution in [1.29, 1.82) is 0 Å². The van der Waals surface area contributed by atoms with Crippen molar-refractivity contribution in [3.8, 4) is 0 Å². The van der Waals surface area contributed by atoms with E-state index in [1.807, 2.05) is 25.7 Å². The Morgan fingerprint density at radius 3 is 2.67 bits per heavy atom. The normalized spacial score (nSPS) is 10.9. The minimum absolute atomic E-state index is 0.0665. The lowest BCUT2D eigenvalue weighted by molar-refractivity contribution is -0.117. The molecule has 1 aromatic heterocycles. The number of aryl methyl sites for hydroxylation is 2. The fraction of sp³-hybridized carbons (Fsp3) is 0.667. The molecule has 1 rings (SSSR count). The van der Waals surface area contributed by atoms with Crippen LogP contribution in [0.2, 0.25) is 0 Å². The summed E-state index contributed by atoms with van der Waals surface area (Å²) < 4.78 is 0. The number of carbonyl (C=O) groups is 1. The summed E-state index contributed by atoms with van der Waals surface area (Å²) >= 11 is 0. The van der Waals surface area contributed by atoms with Crippen molar-refractivity contribution in [1.82, 2.24) is 15.1 Å². The van der Waals surface area contributed by atoms with Gasteiger partial charge in [-0.2, -0.15) is 5.10 Å². The molecule has 6 heteroatoms. The first kappa shape index (κ1) is 14.7. The average molecular weight is 254 g/mol. The van der Waals surface area contributed by atoms with E-state index in [-0.39, 0.29) is 12.5 Å². The molecular weight excluding hydrogens is 232 g/mol. The summed E-state index contributed by atoms with van der Waals surface area (Å²) in [5, 5.41) is 18.6. The van der Waals surface area contributed by atoms with Crippen LogP contribution >= 0.6 is 0 Å². The van der Waals surface area contributed by atoms with Gasteiger partial charge in [-0.25, -0.2) is 0 Å². The molecule has 0 unspecified atom stereocenters. The summed E-state index contributed by atoms with van der Waals surface area (Å²) in [5.41, 5.74) is 2.38. The van der Waals surface area contributed by atoms with Crippen molar-refractivity contribution >= 4 is 11.6 Å². The number of anilines is 1. The molecule has 102 valence electrons. The molecule has 6 nitrogen and oxygen atoms in total. The first-order valence-electron chi connectivity index (χ1n) is 6.23. The Labute approximate surface area is 107 Å². The molecule has 0 radical (unpaired) electrons. The number of rotatable bonds is 7. The Bertz CT molecular complexity index is 364. The van der Waals surface area contributed by atoms with Crippen LogP contribution in [0.1, 0.15) is 24.7 Å². The van der Waals surface area contributed by atoms with E-state index in [1.54, 1.807) is 0 Å². The fourth-order valence-electron chi connectivity index (χ4n) is 1.84. The van der Waals surface area contributed by atoms with Crippen LogP contribution in [0.3, 0.4) is 0 Å². The Morgan fingerprint density at radius 2 is 2.17 bits per heavy atom. The molecule has 0 aliphatic rings. The van der Waals surface area contributed by atoms with Gasteiger partial charge in [-0.3, -0.25) is 14.8 Å². The number of hydrogen-bond donors (Lipinski definition) is 3. The van der Waals surface area contributed by atoms with Gasteiger partial charge in [0.1, 0.15) is 0 Å². The molecule has 0 saturated carbocycles. The van der Waals surface area contributed by atoms with Crippen LogP contribution in [0.4, 0.5) is 5.69 Å². The highest BCUT2D eigenvalue weighted by atomic mass is 16.3. The molecule has 0 bridgehead atoms. The van der Waals surface area contributed by atoms with Crippen molar-refractivity contribution in [2.75, 3.05) is 31.6 Å². The van der Waals surface area contributed by atoms with Crippen LogP contribution in [0.15, 0.2) is 0 Å². The predicted molar refractivity (Wildman–Crippen MR) is 70.5 cm³/mol. The maximum absolute atomic E-state index is 11.9. The Hall–Kier alpha value is -1.40. The summed E-state index contributed by atoms with van der Waals surface area (Å²) in [6.07, 6.45) is 0.955. The zero-order valence-corrected chi connectivity index (χ0v) is 11.3. The van der Waals surface area contributed by atoms with Crippen molar-refractivity contribution in [2.24, 2.45) is 0 Å². The summed E-state index contributed by atoms with van der Waals surface area (Å²) in [4.78, 5) is 13.8. The number of nitrogens with zero attached hydrogens (tertiary/aromatic N) is 2. The van der Waals surface area contributed by atoms with Gasteiger partial charge in [-0.15, -0.1) is 0 Å². The summed E-state index contributed by atoms with van der Waals surface area (Å²) in [5.74, 6) is -0.0792. The van der Waals surface area contributed by atoms with E-state index in [9.17, 15) is 4.79 Å². The number of aliphatic hydroxyl groups excluding tert-OH is 1. The van der Waals surface area contributed by atoms with Crippen LogP contribution in [0.25, 0.3) is 0 Å². The van der Waals surface area contributed by atoms with Crippen molar-refractivity contribution in [3.63, 3.8) is 0 Å². The number of aliphatic hydroxyl groups is 1. The van der Waals surface area contributed by atoms with Crippen LogP contribution in [-0.2, 0) is 4.79 Å². The van der Waals surface area contributed by atoms with Gasteiger partial charge < -0.3 is 10.4 Å². The highest BCUT2D eigenvalue weighted by Crippen LogP contribution is 2.15. The molecule has 0 spiro atoms.